The lowest BCUT2D eigenvalue weighted by molar-refractivity contribution is -0.142. The van der Waals surface area contributed by atoms with E-state index >= 15 is 0 Å². The van der Waals surface area contributed by atoms with E-state index in [-0.39, 0.29) is 183 Å². The number of hydrogen-bond acceptors (Lipinski definition) is 17. The van der Waals surface area contributed by atoms with Crippen LogP contribution < -0.4 is 27.0 Å². The summed E-state index contributed by atoms with van der Waals surface area (Å²) in [5.74, 6) is -3.99. The number of rotatable bonds is 53. The number of nitrogens with two attached hydrogens (primary N) is 1. The van der Waals surface area contributed by atoms with Crippen LogP contribution in [0.4, 0.5) is 0 Å². The third-order valence-corrected chi connectivity index (χ3v) is 13.2. The van der Waals surface area contributed by atoms with Gasteiger partial charge in [-0.05, 0) is 52.9 Å². The van der Waals surface area contributed by atoms with Gasteiger partial charge >= 0.3 is 11.9 Å². The van der Waals surface area contributed by atoms with Gasteiger partial charge in [0.2, 0.25) is 23.6 Å². The zero-order chi connectivity index (χ0) is 57.9. The molecule has 0 aliphatic rings. The van der Waals surface area contributed by atoms with Crippen LogP contribution in [0.5, 0.6) is 0 Å². The molecular weight excluding hydrogens is 1030 g/mol. The Morgan fingerprint density at radius 2 is 1.00 bits per heavy atom. The maximum atomic E-state index is 12.5. The molecule has 9 N–H and O–H groups in total. The standard InChI is InChI=1S/C50H88N4O16S.C4H9NO.CH4/c1-3-40(44(58)33-41(34-55)39(2)56)37-71-38-48(62)52-25-24-51-46(60)35-70-32-30-68-28-26-53-47(61)36-69-31-29-67-27-18-19-42(57)22-23-43(50(65)66)54-45(59)20-16-14-12-10-8-6-4-5-7-9-11-13-15-17-21-49(63)64;1-3(5)4(2)6;/h40-41,43,55H,3-38H2,1-2H3,(H,51,60)(H,52,62)(H,53,61)(H,54,59)(H,63,64)(H,65,66);3H,5H2,1-2H3;1H4/t40-,41-,43-;3-;/m00./s1. The lowest BCUT2D eigenvalue weighted by Gasteiger charge is -2.16. The summed E-state index contributed by atoms with van der Waals surface area (Å²) in [6.45, 7) is 7.54. The molecule has 0 heterocycles. The van der Waals surface area contributed by atoms with Gasteiger partial charge in [0.25, 0.3) is 0 Å². The number of nitrogens with one attached hydrogen (secondary N) is 4. The summed E-state index contributed by atoms with van der Waals surface area (Å²) in [5, 5.41) is 38.0. The molecule has 22 nitrogen and oxygen atoms in total. The van der Waals surface area contributed by atoms with Gasteiger partial charge < -0.3 is 61.3 Å². The third-order valence-electron chi connectivity index (χ3n) is 12.1. The maximum absolute atomic E-state index is 12.5. The number of carboxylic acids is 2. The molecule has 78 heavy (non-hydrogen) atoms. The van der Waals surface area contributed by atoms with Crippen molar-refractivity contribution in [1.82, 2.24) is 21.3 Å². The molecule has 0 aromatic rings. The molecular formula is C55H101N5O17S. The monoisotopic (exact) mass is 1140 g/mol. The van der Waals surface area contributed by atoms with Crippen molar-refractivity contribution < 1.29 is 82.2 Å². The molecule has 0 rings (SSSR count). The molecule has 0 fully saturated rings. The normalized spacial score (nSPS) is 12.3. The van der Waals surface area contributed by atoms with E-state index in [9.17, 15) is 58.2 Å². The predicted molar refractivity (Wildman–Crippen MR) is 300 cm³/mol. The van der Waals surface area contributed by atoms with Crippen LogP contribution in [0.15, 0.2) is 0 Å². The second kappa shape index (κ2) is 54.6. The predicted octanol–water partition coefficient (Wildman–Crippen LogP) is 4.90. The van der Waals surface area contributed by atoms with Crippen molar-refractivity contribution in [3.05, 3.63) is 0 Å². The van der Waals surface area contributed by atoms with Crippen LogP contribution in [0.25, 0.3) is 0 Å². The van der Waals surface area contributed by atoms with Gasteiger partial charge in [0.1, 0.15) is 42.4 Å². The highest BCUT2D eigenvalue weighted by molar-refractivity contribution is 7.99. The highest BCUT2D eigenvalue weighted by atomic mass is 32.2. The van der Waals surface area contributed by atoms with Crippen LogP contribution >= 0.6 is 11.8 Å². The Kier molecular flexibility index (Phi) is 54.4. The molecule has 0 spiro atoms. The largest absolute Gasteiger partial charge is 0.481 e. The lowest BCUT2D eigenvalue weighted by Crippen LogP contribution is -2.41. The number of aliphatic hydroxyl groups is 1. The summed E-state index contributed by atoms with van der Waals surface area (Å²) < 4.78 is 21.4. The van der Waals surface area contributed by atoms with Gasteiger partial charge in [-0.3, -0.25) is 43.2 Å². The van der Waals surface area contributed by atoms with Crippen molar-refractivity contribution in [2.75, 3.05) is 90.6 Å². The topological polar surface area (TPSA) is 342 Å². The number of aliphatic hydroxyl groups excluding tert-OH is 1. The number of unbranched alkanes of at least 4 members (excludes halogenated alkanes) is 13. The van der Waals surface area contributed by atoms with Crippen molar-refractivity contribution in [2.45, 2.75) is 188 Å². The average Bonchev–Trinajstić information content (AvgIpc) is 3.38. The number of hydrogen-bond donors (Lipinski definition) is 8. The number of thioether (sulfide) groups is 1. The van der Waals surface area contributed by atoms with E-state index in [2.05, 4.69) is 21.3 Å². The zero-order valence-electron chi connectivity index (χ0n) is 46.8. The SMILES string of the molecule is C.CC(=O)[C@H](C)N.CC[C@@H](CSCC(=O)NCCNC(=O)COCCOCCNC(=O)COCCOCCCC(=O)CC[C@H](NC(=O)CCCCCCCCCCCCCCCCC(=O)O)C(=O)O)C(=O)C[C@@H](CO)C(C)=O. The van der Waals surface area contributed by atoms with Gasteiger partial charge in [0.15, 0.2) is 0 Å². The quantitative estimate of drug-likeness (QED) is 0.0375. The first-order valence-electron chi connectivity index (χ1n) is 27.7. The summed E-state index contributed by atoms with van der Waals surface area (Å²) in [5.41, 5.74) is 5.09. The summed E-state index contributed by atoms with van der Waals surface area (Å²) in [6, 6.07) is -1.40. The van der Waals surface area contributed by atoms with Gasteiger partial charge in [-0.1, -0.05) is 91.4 Å². The first kappa shape index (κ1) is 77.8. The molecule has 0 radical (unpaired) electrons. The Balaban J connectivity index is -0.00000755. The van der Waals surface area contributed by atoms with E-state index in [4.69, 9.17) is 29.8 Å². The highest BCUT2D eigenvalue weighted by Gasteiger charge is 2.24. The Morgan fingerprint density at radius 1 is 0.538 bits per heavy atom. The maximum Gasteiger partial charge on any atom is 0.326 e. The van der Waals surface area contributed by atoms with Crippen LogP contribution in [-0.4, -0.2) is 177 Å². The molecule has 0 saturated heterocycles. The van der Waals surface area contributed by atoms with E-state index in [1.807, 2.05) is 6.92 Å². The van der Waals surface area contributed by atoms with Crippen molar-refractivity contribution in [3.63, 3.8) is 0 Å². The van der Waals surface area contributed by atoms with Crippen LogP contribution in [0.3, 0.4) is 0 Å². The molecule has 0 bridgehead atoms. The highest BCUT2D eigenvalue weighted by Crippen LogP contribution is 2.18. The lowest BCUT2D eigenvalue weighted by atomic mass is 9.92. The minimum Gasteiger partial charge on any atom is -0.481 e. The Hall–Kier alpha value is -4.39. The zero-order valence-corrected chi connectivity index (χ0v) is 47.6. The first-order chi connectivity index (χ1) is 36.8. The minimum absolute atomic E-state index is 0. The van der Waals surface area contributed by atoms with Crippen LogP contribution in [0.1, 0.15) is 176 Å². The van der Waals surface area contributed by atoms with Crippen LogP contribution in [0.2, 0.25) is 0 Å². The van der Waals surface area contributed by atoms with Crippen molar-refractivity contribution in [1.29, 1.82) is 0 Å². The first-order valence-corrected chi connectivity index (χ1v) is 28.8. The van der Waals surface area contributed by atoms with Gasteiger partial charge in [-0.15, -0.1) is 0 Å². The number of Topliss-reactive ketones (excluding diaryl/α,β-unsaturated/α-hetero) is 4. The molecule has 0 aliphatic heterocycles. The second-order valence-corrected chi connectivity index (χ2v) is 20.1. The number of ketones is 4. The second-order valence-electron chi connectivity index (χ2n) is 19.0. The van der Waals surface area contributed by atoms with Crippen molar-refractivity contribution >= 4 is 70.5 Å². The van der Waals surface area contributed by atoms with Gasteiger partial charge in [0, 0.05) is 75.9 Å². The molecule has 4 atom stereocenters. The number of carbonyl (C=O) groups is 10. The summed E-state index contributed by atoms with van der Waals surface area (Å²) in [6.07, 6.45) is 16.8. The molecule has 23 heteroatoms. The number of carbonyl (C=O) groups excluding carboxylic acids is 8. The number of ether oxygens (including phenoxy) is 4. The van der Waals surface area contributed by atoms with E-state index in [0.717, 1.165) is 44.9 Å². The van der Waals surface area contributed by atoms with Crippen LogP contribution in [-0.2, 0) is 66.9 Å². The van der Waals surface area contributed by atoms with Gasteiger partial charge in [0.05, 0.1) is 51.4 Å². The smallest absolute Gasteiger partial charge is 0.326 e. The minimum atomic E-state index is -1.17. The average molecular weight is 1140 g/mol. The Labute approximate surface area is 469 Å². The summed E-state index contributed by atoms with van der Waals surface area (Å²) in [4.78, 5) is 117. The number of aliphatic carboxylic acids is 2. The summed E-state index contributed by atoms with van der Waals surface area (Å²) >= 11 is 1.31. The number of amides is 4. The number of carboxylic acid groups (broad SMARTS) is 2. The Morgan fingerprint density at radius 3 is 1.46 bits per heavy atom. The van der Waals surface area contributed by atoms with Gasteiger partial charge in [-0.2, -0.15) is 11.8 Å². The third kappa shape index (κ3) is 52.3. The molecule has 4 amide bonds. The Bertz CT molecular complexity index is 1660. The molecule has 0 aromatic heterocycles. The fourth-order valence-electron chi connectivity index (χ4n) is 7.08. The molecule has 0 saturated carbocycles. The molecule has 0 aliphatic carbocycles. The van der Waals surface area contributed by atoms with Gasteiger partial charge in [-0.25, -0.2) is 4.79 Å². The van der Waals surface area contributed by atoms with Crippen molar-refractivity contribution in [3.8, 4) is 0 Å². The van der Waals surface area contributed by atoms with E-state index in [1.54, 1.807) is 6.92 Å². The molecule has 454 valence electrons. The van der Waals surface area contributed by atoms with Crippen molar-refractivity contribution in [2.24, 2.45) is 17.6 Å². The van der Waals surface area contributed by atoms with E-state index < -0.39 is 23.9 Å². The summed E-state index contributed by atoms with van der Waals surface area (Å²) in [7, 11) is 0. The fourth-order valence-corrected chi connectivity index (χ4v) is 8.19. The molecule has 0 aromatic carbocycles. The van der Waals surface area contributed by atoms with E-state index in [0.29, 0.717) is 31.6 Å². The van der Waals surface area contributed by atoms with Crippen LogP contribution in [0, 0.1) is 11.8 Å². The molecule has 0 unspecified atom stereocenters. The fraction of sp³-hybridized carbons (Fsp3) is 0.818. The van der Waals surface area contributed by atoms with E-state index in [1.165, 1.54) is 64.1 Å².